The van der Waals surface area contributed by atoms with Crippen molar-refractivity contribution in [3.8, 4) is 0 Å². The minimum atomic E-state index is -4.21. The first-order valence-electron chi connectivity index (χ1n) is 5.46. The van der Waals surface area contributed by atoms with Gasteiger partial charge in [-0.1, -0.05) is 30.3 Å². The standard InChI is InChI=1S/C12H12O6S2/c1-17-19(13,14)11-8-7-9-5-3-4-6-10(9)12(11)20(15,16)18-2/h3-8H,1-2H3. The van der Waals surface area contributed by atoms with Gasteiger partial charge >= 0.3 is 0 Å². The van der Waals surface area contributed by atoms with Crippen molar-refractivity contribution in [3.05, 3.63) is 36.4 Å². The van der Waals surface area contributed by atoms with Gasteiger partial charge in [0.05, 0.1) is 14.2 Å². The summed E-state index contributed by atoms with van der Waals surface area (Å²) >= 11 is 0. The first-order valence-corrected chi connectivity index (χ1v) is 8.28. The summed E-state index contributed by atoms with van der Waals surface area (Å²) in [5, 5.41) is 0.839. The van der Waals surface area contributed by atoms with E-state index in [2.05, 4.69) is 8.37 Å². The quantitative estimate of drug-likeness (QED) is 0.795. The van der Waals surface area contributed by atoms with Gasteiger partial charge in [-0.3, -0.25) is 8.37 Å². The second-order valence-electron chi connectivity index (χ2n) is 3.86. The van der Waals surface area contributed by atoms with E-state index in [-0.39, 0.29) is 5.39 Å². The van der Waals surface area contributed by atoms with Gasteiger partial charge in [-0.2, -0.15) is 16.8 Å². The number of benzene rings is 2. The molecular formula is C12H12O6S2. The normalized spacial score (nSPS) is 12.7. The van der Waals surface area contributed by atoms with Crippen LogP contribution in [0.3, 0.4) is 0 Å². The molecule has 2 rings (SSSR count). The van der Waals surface area contributed by atoms with Gasteiger partial charge in [0.1, 0.15) is 9.79 Å². The fourth-order valence-electron chi connectivity index (χ4n) is 1.85. The SMILES string of the molecule is COS(=O)(=O)c1ccc2ccccc2c1S(=O)(=O)OC. The lowest BCUT2D eigenvalue weighted by atomic mass is 10.1. The predicted octanol–water partition coefficient (Wildman–Crippen LogP) is 1.51. The molecule has 0 aromatic heterocycles. The summed E-state index contributed by atoms with van der Waals surface area (Å²) in [6, 6.07) is 9.21. The third kappa shape index (κ3) is 2.42. The Bertz CT molecular complexity index is 853. The summed E-state index contributed by atoms with van der Waals surface area (Å²) in [5.74, 6) is 0. The third-order valence-corrected chi connectivity index (χ3v) is 5.63. The van der Waals surface area contributed by atoms with Crippen molar-refractivity contribution in [1.82, 2.24) is 0 Å². The van der Waals surface area contributed by atoms with Crippen molar-refractivity contribution in [3.63, 3.8) is 0 Å². The van der Waals surface area contributed by atoms with Crippen LogP contribution in [-0.2, 0) is 28.6 Å². The first-order chi connectivity index (χ1) is 9.33. The van der Waals surface area contributed by atoms with Gasteiger partial charge in [0, 0.05) is 5.39 Å². The van der Waals surface area contributed by atoms with Crippen LogP contribution in [0.5, 0.6) is 0 Å². The molecule has 2 aromatic rings. The van der Waals surface area contributed by atoms with Crippen molar-refractivity contribution in [2.45, 2.75) is 9.79 Å². The van der Waals surface area contributed by atoms with Gasteiger partial charge in [-0.15, -0.1) is 0 Å². The molecule has 0 bridgehead atoms. The van der Waals surface area contributed by atoms with Crippen molar-refractivity contribution in [2.24, 2.45) is 0 Å². The molecule has 6 nitrogen and oxygen atoms in total. The second kappa shape index (κ2) is 5.13. The second-order valence-corrected chi connectivity index (χ2v) is 7.19. The summed E-state index contributed by atoms with van der Waals surface area (Å²) in [6.45, 7) is 0. The van der Waals surface area contributed by atoms with Crippen LogP contribution in [0, 0.1) is 0 Å². The van der Waals surface area contributed by atoms with E-state index in [4.69, 9.17) is 0 Å². The van der Waals surface area contributed by atoms with E-state index < -0.39 is 30.0 Å². The zero-order chi connectivity index (χ0) is 15.0. The molecule has 0 fully saturated rings. The van der Waals surface area contributed by atoms with E-state index in [1.807, 2.05) is 0 Å². The monoisotopic (exact) mass is 316 g/mol. The smallest absolute Gasteiger partial charge is 0.270 e. The summed E-state index contributed by atoms with van der Waals surface area (Å²) in [7, 11) is -6.44. The Labute approximate surface area is 117 Å². The Morgan fingerprint density at radius 2 is 1.40 bits per heavy atom. The highest BCUT2D eigenvalue weighted by Gasteiger charge is 2.28. The molecule has 0 heterocycles. The zero-order valence-corrected chi connectivity index (χ0v) is 12.4. The van der Waals surface area contributed by atoms with Crippen LogP contribution in [0.25, 0.3) is 10.8 Å². The Kier molecular flexibility index (Phi) is 3.83. The van der Waals surface area contributed by atoms with Crippen molar-refractivity contribution in [2.75, 3.05) is 14.2 Å². The van der Waals surface area contributed by atoms with Crippen molar-refractivity contribution >= 4 is 31.0 Å². The lowest BCUT2D eigenvalue weighted by molar-refractivity contribution is 0.386. The Balaban J connectivity index is 3.02. The molecular weight excluding hydrogens is 304 g/mol. The van der Waals surface area contributed by atoms with E-state index >= 15 is 0 Å². The van der Waals surface area contributed by atoms with E-state index in [1.165, 1.54) is 18.2 Å². The summed E-state index contributed by atoms with van der Waals surface area (Å²) in [5.41, 5.74) is 0. The minimum Gasteiger partial charge on any atom is -0.270 e. The molecule has 0 aliphatic rings. The highest BCUT2D eigenvalue weighted by atomic mass is 32.2. The van der Waals surface area contributed by atoms with Crippen molar-refractivity contribution in [1.29, 1.82) is 0 Å². The number of hydrogen-bond donors (Lipinski definition) is 0. The van der Waals surface area contributed by atoms with Gasteiger partial charge in [0.2, 0.25) is 0 Å². The summed E-state index contributed by atoms with van der Waals surface area (Å²) in [4.78, 5) is -0.861. The topological polar surface area (TPSA) is 86.7 Å². The largest absolute Gasteiger partial charge is 0.298 e. The Morgan fingerprint density at radius 1 is 0.800 bits per heavy atom. The third-order valence-electron chi connectivity index (χ3n) is 2.80. The highest BCUT2D eigenvalue weighted by Crippen LogP contribution is 2.31. The maximum atomic E-state index is 12.1. The van der Waals surface area contributed by atoms with Gasteiger partial charge < -0.3 is 0 Å². The number of hydrogen-bond acceptors (Lipinski definition) is 6. The van der Waals surface area contributed by atoms with Gasteiger partial charge in [0.25, 0.3) is 20.2 Å². The molecule has 0 aliphatic heterocycles. The van der Waals surface area contributed by atoms with Crippen LogP contribution >= 0.6 is 0 Å². The molecule has 0 radical (unpaired) electrons. The zero-order valence-electron chi connectivity index (χ0n) is 10.7. The molecule has 0 amide bonds. The maximum absolute atomic E-state index is 12.1. The molecule has 0 N–H and O–H groups in total. The maximum Gasteiger partial charge on any atom is 0.298 e. The minimum absolute atomic E-state index is 0.257. The van der Waals surface area contributed by atoms with E-state index in [0.29, 0.717) is 5.39 Å². The average Bonchev–Trinajstić information content (AvgIpc) is 2.45. The number of fused-ring (bicyclic) bond motifs is 1. The average molecular weight is 316 g/mol. The molecule has 20 heavy (non-hydrogen) atoms. The van der Waals surface area contributed by atoms with Gasteiger partial charge in [-0.05, 0) is 11.5 Å². The lowest BCUT2D eigenvalue weighted by Crippen LogP contribution is -2.12. The summed E-state index contributed by atoms with van der Waals surface area (Å²) < 4.78 is 56.8. The lowest BCUT2D eigenvalue weighted by Gasteiger charge is -2.11. The molecule has 108 valence electrons. The van der Waals surface area contributed by atoms with Crippen LogP contribution < -0.4 is 0 Å². The summed E-state index contributed by atoms with van der Waals surface area (Å²) in [6.07, 6.45) is 0. The molecule has 0 saturated carbocycles. The van der Waals surface area contributed by atoms with Crippen molar-refractivity contribution < 1.29 is 25.2 Å². The van der Waals surface area contributed by atoms with Gasteiger partial charge in [0.15, 0.2) is 0 Å². The molecule has 2 aromatic carbocycles. The fourth-order valence-corrected chi connectivity index (χ4v) is 4.15. The Morgan fingerprint density at radius 3 is 2.00 bits per heavy atom. The fraction of sp³-hybridized carbons (Fsp3) is 0.167. The molecule has 0 atom stereocenters. The molecule has 0 spiro atoms. The Hall–Kier alpha value is -1.48. The molecule has 8 heteroatoms. The highest BCUT2D eigenvalue weighted by molar-refractivity contribution is 7.90. The van der Waals surface area contributed by atoms with Crippen LogP contribution in [-0.4, -0.2) is 31.1 Å². The molecule has 0 unspecified atom stereocenters. The van der Waals surface area contributed by atoms with Crippen LogP contribution in [0.2, 0.25) is 0 Å². The van der Waals surface area contributed by atoms with Crippen LogP contribution in [0.1, 0.15) is 0 Å². The molecule has 0 aliphatic carbocycles. The van der Waals surface area contributed by atoms with E-state index in [0.717, 1.165) is 14.2 Å². The predicted molar refractivity (Wildman–Crippen MR) is 72.3 cm³/mol. The van der Waals surface area contributed by atoms with E-state index in [1.54, 1.807) is 18.2 Å². The van der Waals surface area contributed by atoms with Crippen LogP contribution in [0.15, 0.2) is 46.2 Å². The first kappa shape index (κ1) is 14.9. The van der Waals surface area contributed by atoms with Gasteiger partial charge in [-0.25, -0.2) is 0 Å². The number of rotatable bonds is 4. The van der Waals surface area contributed by atoms with E-state index in [9.17, 15) is 16.8 Å². The van der Waals surface area contributed by atoms with Crippen LogP contribution in [0.4, 0.5) is 0 Å². The molecule has 0 saturated heterocycles.